The van der Waals surface area contributed by atoms with Gasteiger partial charge in [0.05, 0.1) is 11.6 Å². The van der Waals surface area contributed by atoms with Gasteiger partial charge in [0.15, 0.2) is 0 Å². The Hall–Kier alpha value is -2.13. The number of hydrogen-bond acceptors (Lipinski definition) is 5. The largest absolute Gasteiger partial charge is 0.383 e. The maximum atomic E-state index is 8.89. The van der Waals surface area contributed by atoms with E-state index in [-0.39, 0.29) is 0 Å². The number of rotatable bonds is 3. The van der Waals surface area contributed by atoms with E-state index in [1.165, 1.54) is 6.33 Å². The zero-order valence-corrected chi connectivity index (χ0v) is 11.9. The highest BCUT2D eigenvalue weighted by atomic mass is 79.9. The van der Waals surface area contributed by atoms with E-state index in [4.69, 9.17) is 11.0 Å². The minimum Gasteiger partial charge on any atom is -0.383 e. The van der Waals surface area contributed by atoms with Gasteiger partial charge in [-0.25, -0.2) is 9.97 Å². The summed E-state index contributed by atoms with van der Waals surface area (Å²) in [5.74, 6) is 1.12. The van der Waals surface area contributed by atoms with Crippen molar-refractivity contribution in [3.63, 3.8) is 0 Å². The van der Waals surface area contributed by atoms with E-state index < -0.39 is 0 Å². The summed E-state index contributed by atoms with van der Waals surface area (Å²) in [6.07, 6.45) is 1.43. The van der Waals surface area contributed by atoms with Crippen molar-refractivity contribution < 1.29 is 0 Å². The van der Waals surface area contributed by atoms with Crippen molar-refractivity contribution in [2.24, 2.45) is 0 Å². The van der Waals surface area contributed by atoms with Gasteiger partial charge in [0.1, 0.15) is 22.4 Å². The Bertz CT molecular complexity index is 635. The molecule has 0 aliphatic rings. The van der Waals surface area contributed by atoms with Crippen molar-refractivity contribution in [1.82, 2.24) is 9.97 Å². The van der Waals surface area contributed by atoms with Gasteiger partial charge in [0.25, 0.3) is 0 Å². The summed E-state index contributed by atoms with van der Waals surface area (Å²) in [5, 5.41) is 8.89. The van der Waals surface area contributed by atoms with E-state index in [0.717, 1.165) is 11.4 Å². The lowest BCUT2D eigenvalue weighted by Gasteiger charge is -2.19. The first-order chi connectivity index (χ1) is 9.11. The van der Waals surface area contributed by atoms with Crippen molar-refractivity contribution in [2.45, 2.75) is 6.54 Å². The third-order valence-corrected chi connectivity index (χ3v) is 3.40. The van der Waals surface area contributed by atoms with Gasteiger partial charge < -0.3 is 10.6 Å². The lowest BCUT2D eigenvalue weighted by atomic mass is 10.1. The first-order valence-corrected chi connectivity index (χ1v) is 6.37. The molecule has 5 nitrogen and oxygen atoms in total. The number of nitriles is 1. The summed E-state index contributed by atoms with van der Waals surface area (Å²) in [6, 6.07) is 9.60. The molecule has 0 saturated carbocycles. The first kappa shape index (κ1) is 13.3. The standard InChI is InChI=1S/C13H12BrN5/c1-19(13-11(14)12(16)17-8-18-13)7-10-4-2-3-9(5-10)6-15/h2-5,8H,7H2,1H3,(H2,16,17,18). The quantitative estimate of drug-likeness (QED) is 0.939. The molecule has 2 rings (SSSR count). The van der Waals surface area contributed by atoms with Gasteiger partial charge in [0.2, 0.25) is 0 Å². The lowest BCUT2D eigenvalue weighted by Crippen LogP contribution is -2.19. The van der Waals surface area contributed by atoms with Crippen LogP contribution >= 0.6 is 15.9 Å². The average Bonchev–Trinajstić information content (AvgIpc) is 2.42. The third kappa shape index (κ3) is 3.01. The number of hydrogen-bond donors (Lipinski definition) is 1. The molecular formula is C13H12BrN5. The van der Waals surface area contributed by atoms with E-state index in [9.17, 15) is 0 Å². The van der Waals surface area contributed by atoms with Crippen molar-refractivity contribution in [3.05, 3.63) is 46.2 Å². The number of benzene rings is 1. The van der Waals surface area contributed by atoms with E-state index >= 15 is 0 Å². The summed E-state index contributed by atoms with van der Waals surface area (Å²) in [4.78, 5) is 10.1. The molecule has 19 heavy (non-hydrogen) atoms. The summed E-state index contributed by atoms with van der Waals surface area (Å²) < 4.78 is 0.675. The van der Waals surface area contributed by atoms with Crippen LogP contribution in [0.1, 0.15) is 11.1 Å². The van der Waals surface area contributed by atoms with Gasteiger partial charge in [-0.1, -0.05) is 12.1 Å². The highest BCUT2D eigenvalue weighted by molar-refractivity contribution is 9.10. The fourth-order valence-electron chi connectivity index (χ4n) is 1.73. The fourth-order valence-corrected chi connectivity index (χ4v) is 2.24. The van der Waals surface area contributed by atoms with Crippen LogP contribution in [0.25, 0.3) is 0 Å². The van der Waals surface area contributed by atoms with E-state index in [0.29, 0.717) is 22.4 Å². The van der Waals surface area contributed by atoms with Gasteiger partial charge in [0, 0.05) is 13.6 Å². The molecule has 1 aromatic heterocycles. The Morgan fingerprint density at radius 3 is 2.95 bits per heavy atom. The molecule has 0 atom stereocenters. The molecule has 0 saturated heterocycles. The summed E-state index contributed by atoms with van der Waals surface area (Å²) in [7, 11) is 1.91. The van der Waals surface area contributed by atoms with Crippen LogP contribution in [0.4, 0.5) is 11.6 Å². The molecule has 0 radical (unpaired) electrons. The van der Waals surface area contributed by atoms with Crippen molar-refractivity contribution in [2.75, 3.05) is 17.7 Å². The predicted octanol–water partition coefficient (Wildman–Crippen LogP) is 2.33. The first-order valence-electron chi connectivity index (χ1n) is 5.58. The second kappa shape index (κ2) is 5.67. The molecule has 0 unspecified atom stereocenters. The number of halogens is 1. The van der Waals surface area contributed by atoms with E-state index in [1.54, 1.807) is 6.07 Å². The molecule has 96 valence electrons. The van der Waals surface area contributed by atoms with Gasteiger partial charge in [-0.2, -0.15) is 5.26 Å². The van der Waals surface area contributed by atoms with Crippen molar-refractivity contribution in [1.29, 1.82) is 5.26 Å². The summed E-state index contributed by atoms with van der Waals surface area (Å²) in [5.41, 5.74) is 7.41. The lowest BCUT2D eigenvalue weighted by molar-refractivity contribution is 0.887. The zero-order chi connectivity index (χ0) is 13.8. The van der Waals surface area contributed by atoms with Crippen LogP contribution in [-0.2, 0) is 6.54 Å². The minimum absolute atomic E-state index is 0.405. The molecular weight excluding hydrogens is 306 g/mol. The van der Waals surface area contributed by atoms with E-state index in [2.05, 4.69) is 32.0 Å². The third-order valence-electron chi connectivity index (χ3n) is 2.64. The van der Waals surface area contributed by atoms with Crippen molar-refractivity contribution in [3.8, 4) is 6.07 Å². The molecule has 0 aliphatic carbocycles. The molecule has 0 fully saturated rings. The number of anilines is 2. The van der Waals surface area contributed by atoms with Crippen LogP contribution in [0.3, 0.4) is 0 Å². The smallest absolute Gasteiger partial charge is 0.148 e. The highest BCUT2D eigenvalue weighted by Gasteiger charge is 2.11. The van der Waals surface area contributed by atoms with Crippen LogP contribution in [0.5, 0.6) is 0 Å². The Labute approximate surface area is 119 Å². The highest BCUT2D eigenvalue weighted by Crippen LogP contribution is 2.27. The molecule has 0 aliphatic heterocycles. The predicted molar refractivity (Wildman–Crippen MR) is 77.4 cm³/mol. The Balaban J connectivity index is 2.23. The summed E-state index contributed by atoms with van der Waals surface area (Å²) in [6.45, 7) is 0.630. The molecule has 2 aromatic rings. The van der Waals surface area contributed by atoms with Crippen LogP contribution < -0.4 is 10.6 Å². The SMILES string of the molecule is CN(Cc1cccc(C#N)c1)c1ncnc(N)c1Br. The molecule has 2 N–H and O–H groups in total. The Morgan fingerprint density at radius 2 is 2.21 bits per heavy atom. The molecule has 0 amide bonds. The number of nitrogens with zero attached hydrogens (tertiary/aromatic N) is 4. The minimum atomic E-state index is 0.405. The monoisotopic (exact) mass is 317 g/mol. The van der Waals surface area contributed by atoms with Gasteiger partial charge in [-0.3, -0.25) is 0 Å². The van der Waals surface area contributed by atoms with Crippen LogP contribution in [0.15, 0.2) is 35.1 Å². The number of nitrogens with two attached hydrogens (primary N) is 1. The normalized spacial score (nSPS) is 9.95. The van der Waals surface area contributed by atoms with Crippen LogP contribution in [0.2, 0.25) is 0 Å². The molecule has 1 aromatic carbocycles. The molecule has 0 bridgehead atoms. The van der Waals surface area contributed by atoms with Crippen LogP contribution in [-0.4, -0.2) is 17.0 Å². The number of nitrogen functional groups attached to an aromatic ring is 1. The molecule has 6 heteroatoms. The topological polar surface area (TPSA) is 78.8 Å². The number of aromatic nitrogens is 2. The maximum absolute atomic E-state index is 8.89. The molecule has 1 heterocycles. The fraction of sp³-hybridized carbons (Fsp3) is 0.154. The zero-order valence-electron chi connectivity index (χ0n) is 10.3. The Kier molecular flexibility index (Phi) is 3.97. The van der Waals surface area contributed by atoms with Gasteiger partial charge in [-0.15, -0.1) is 0 Å². The molecule has 0 spiro atoms. The second-order valence-electron chi connectivity index (χ2n) is 4.06. The van der Waals surface area contributed by atoms with Crippen molar-refractivity contribution >= 4 is 27.6 Å². The van der Waals surface area contributed by atoms with Gasteiger partial charge >= 0.3 is 0 Å². The Morgan fingerprint density at radius 1 is 1.42 bits per heavy atom. The summed E-state index contributed by atoms with van der Waals surface area (Å²) >= 11 is 3.38. The maximum Gasteiger partial charge on any atom is 0.148 e. The van der Waals surface area contributed by atoms with Gasteiger partial charge in [-0.05, 0) is 33.6 Å². The average molecular weight is 318 g/mol. The van der Waals surface area contributed by atoms with E-state index in [1.807, 2.05) is 30.1 Å². The second-order valence-corrected chi connectivity index (χ2v) is 4.86. The van der Waals surface area contributed by atoms with Crippen LogP contribution in [0, 0.1) is 11.3 Å².